The summed E-state index contributed by atoms with van der Waals surface area (Å²) in [6.07, 6.45) is 0.826. The quantitative estimate of drug-likeness (QED) is 0.404. The molecule has 0 saturated heterocycles. The molecule has 0 N–H and O–H groups in total. The highest BCUT2D eigenvalue weighted by Crippen LogP contribution is 2.22. The number of benzene rings is 2. The Kier molecular flexibility index (Phi) is 4.84. The molecule has 3 aromatic rings. The molecule has 0 amide bonds. The number of rotatable bonds is 5. The van der Waals surface area contributed by atoms with Gasteiger partial charge in [0.05, 0.1) is 7.11 Å². The van der Waals surface area contributed by atoms with Crippen LogP contribution in [0.3, 0.4) is 0 Å². The maximum atomic E-state index is 12.0. The van der Waals surface area contributed by atoms with Gasteiger partial charge in [0.15, 0.2) is 0 Å². The second kappa shape index (κ2) is 7.21. The molecule has 5 nitrogen and oxygen atoms in total. The molecule has 0 atom stereocenters. The molecule has 0 saturated carbocycles. The average molecular weight is 338 g/mol. The van der Waals surface area contributed by atoms with Gasteiger partial charge in [-0.25, -0.2) is 4.79 Å². The predicted octanol–water partition coefficient (Wildman–Crippen LogP) is 3.65. The summed E-state index contributed by atoms with van der Waals surface area (Å²) in [7, 11) is 1.61. The van der Waals surface area contributed by atoms with Gasteiger partial charge in [0, 0.05) is 23.9 Å². The highest BCUT2D eigenvalue weighted by molar-refractivity contribution is 5.82. The molecule has 0 aliphatic carbocycles. The molecule has 0 radical (unpaired) electrons. The number of carbonyl (C=O) groups is 1. The fourth-order valence-corrected chi connectivity index (χ4v) is 2.59. The van der Waals surface area contributed by atoms with E-state index in [1.54, 1.807) is 25.3 Å². The third-order valence-corrected chi connectivity index (χ3v) is 3.93. The van der Waals surface area contributed by atoms with Crippen molar-refractivity contribution in [3.63, 3.8) is 0 Å². The SMILES string of the molecule is COc1ccc(CCC(=O)Oc2ccc3c(C)cc(=O)oc3c2)cc1. The maximum Gasteiger partial charge on any atom is 0.336 e. The van der Waals surface area contributed by atoms with Gasteiger partial charge in [-0.15, -0.1) is 0 Å². The van der Waals surface area contributed by atoms with E-state index in [9.17, 15) is 9.59 Å². The second-order valence-electron chi connectivity index (χ2n) is 5.73. The molecule has 0 aliphatic rings. The van der Waals surface area contributed by atoms with Crippen molar-refractivity contribution < 1.29 is 18.7 Å². The molecular formula is C20H18O5. The van der Waals surface area contributed by atoms with E-state index in [2.05, 4.69) is 0 Å². The number of esters is 1. The Morgan fingerprint density at radius 3 is 2.48 bits per heavy atom. The molecule has 1 heterocycles. The Labute approximate surface area is 144 Å². The number of methoxy groups -OCH3 is 1. The molecular weight excluding hydrogens is 320 g/mol. The maximum absolute atomic E-state index is 12.0. The summed E-state index contributed by atoms with van der Waals surface area (Å²) in [4.78, 5) is 23.5. The van der Waals surface area contributed by atoms with Crippen LogP contribution < -0.4 is 15.1 Å². The molecule has 0 fully saturated rings. The van der Waals surface area contributed by atoms with E-state index in [-0.39, 0.29) is 12.4 Å². The first-order valence-electron chi connectivity index (χ1n) is 7.93. The first kappa shape index (κ1) is 16.8. The highest BCUT2D eigenvalue weighted by Gasteiger charge is 2.09. The van der Waals surface area contributed by atoms with Crippen LogP contribution in [0.15, 0.2) is 57.7 Å². The minimum absolute atomic E-state index is 0.252. The van der Waals surface area contributed by atoms with Crippen molar-refractivity contribution >= 4 is 16.9 Å². The minimum Gasteiger partial charge on any atom is -0.497 e. The zero-order chi connectivity index (χ0) is 17.8. The summed E-state index contributed by atoms with van der Waals surface area (Å²) in [5.74, 6) is 0.797. The number of carbonyl (C=O) groups excluding carboxylic acids is 1. The summed E-state index contributed by atoms with van der Waals surface area (Å²) in [6.45, 7) is 1.83. The lowest BCUT2D eigenvalue weighted by molar-refractivity contribution is -0.134. The van der Waals surface area contributed by atoms with Crippen LogP contribution in [0.1, 0.15) is 17.5 Å². The van der Waals surface area contributed by atoms with Crippen molar-refractivity contribution in [2.45, 2.75) is 19.8 Å². The first-order valence-corrected chi connectivity index (χ1v) is 7.93. The average Bonchev–Trinajstić information content (AvgIpc) is 2.60. The van der Waals surface area contributed by atoms with Crippen LogP contribution in [0, 0.1) is 6.92 Å². The summed E-state index contributed by atoms with van der Waals surface area (Å²) in [5, 5.41) is 0.817. The predicted molar refractivity (Wildman–Crippen MR) is 94.2 cm³/mol. The van der Waals surface area contributed by atoms with Gasteiger partial charge < -0.3 is 13.9 Å². The van der Waals surface area contributed by atoms with E-state index in [1.165, 1.54) is 6.07 Å². The van der Waals surface area contributed by atoms with E-state index in [4.69, 9.17) is 13.9 Å². The van der Waals surface area contributed by atoms with Crippen LogP contribution in [0.25, 0.3) is 11.0 Å². The van der Waals surface area contributed by atoms with Crippen molar-refractivity contribution in [2.24, 2.45) is 0 Å². The standard InChI is InChI=1S/C20H18O5/c1-13-11-20(22)25-18-12-16(8-9-17(13)18)24-19(21)10-5-14-3-6-15(23-2)7-4-14/h3-4,6-9,11-12H,5,10H2,1-2H3. The largest absolute Gasteiger partial charge is 0.497 e. The summed E-state index contributed by atoms with van der Waals surface area (Å²) in [6, 6.07) is 14.0. The summed E-state index contributed by atoms with van der Waals surface area (Å²) < 4.78 is 15.6. The Balaban J connectivity index is 1.66. The zero-order valence-electron chi connectivity index (χ0n) is 14.1. The molecule has 3 rings (SSSR count). The monoisotopic (exact) mass is 338 g/mol. The van der Waals surface area contributed by atoms with Crippen molar-refractivity contribution in [1.29, 1.82) is 0 Å². The lowest BCUT2D eigenvalue weighted by Crippen LogP contribution is -2.09. The molecule has 5 heteroatoms. The van der Waals surface area contributed by atoms with Gasteiger partial charge in [-0.2, -0.15) is 0 Å². The summed E-state index contributed by atoms with van der Waals surface area (Å²) >= 11 is 0. The minimum atomic E-state index is -0.423. The summed E-state index contributed by atoms with van der Waals surface area (Å²) in [5.41, 5.74) is 1.83. The molecule has 0 unspecified atom stereocenters. The van der Waals surface area contributed by atoms with Crippen LogP contribution in [-0.4, -0.2) is 13.1 Å². The molecule has 0 aliphatic heterocycles. The number of aryl methyl sites for hydroxylation is 2. The third kappa shape index (κ3) is 4.07. The molecule has 0 bridgehead atoms. The number of fused-ring (bicyclic) bond motifs is 1. The number of hydrogen-bond acceptors (Lipinski definition) is 5. The van der Waals surface area contributed by atoms with Crippen molar-refractivity contribution in [3.8, 4) is 11.5 Å². The van der Waals surface area contributed by atoms with Gasteiger partial charge in [-0.05, 0) is 48.7 Å². The van der Waals surface area contributed by atoms with Crippen molar-refractivity contribution in [2.75, 3.05) is 7.11 Å². The van der Waals surface area contributed by atoms with E-state index >= 15 is 0 Å². The molecule has 25 heavy (non-hydrogen) atoms. The zero-order valence-corrected chi connectivity index (χ0v) is 14.1. The van der Waals surface area contributed by atoms with Gasteiger partial charge in [0.1, 0.15) is 17.1 Å². The van der Waals surface area contributed by atoms with Gasteiger partial charge in [0.25, 0.3) is 0 Å². The van der Waals surface area contributed by atoms with E-state index in [0.717, 1.165) is 22.3 Å². The second-order valence-corrected chi connectivity index (χ2v) is 5.73. The van der Waals surface area contributed by atoms with Gasteiger partial charge in [-0.3, -0.25) is 4.79 Å². The number of hydrogen-bond donors (Lipinski definition) is 0. The van der Waals surface area contributed by atoms with Crippen LogP contribution in [0.2, 0.25) is 0 Å². The molecule has 1 aromatic heterocycles. The van der Waals surface area contributed by atoms with Gasteiger partial charge in [-0.1, -0.05) is 12.1 Å². The van der Waals surface area contributed by atoms with Crippen LogP contribution in [-0.2, 0) is 11.2 Å². The van der Waals surface area contributed by atoms with Crippen molar-refractivity contribution in [3.05, 3.63) is 70.1 Å². The van der Waals surface area contributed by atoms with E-state index in [1.807, 2.05) is 31.2 Å². The molecule has 2 aromatic carbocycles. The lowest BCUT2D eigenvalue weighted by atomic mass is 10.1. The fourth-order valence-electron chi connectivity index (χ4n) is 2.59. The fraction of sp³-hybridized carbons (Fsp3) is 0.200. The highest BCUT2D eigenvalue weighted by atomic mass is 16.5. The van der Waals surface area contributed by atoms with E-state index in [0.29, 0.717) is 17.8 Å². The molecule has 128 valence electrons. The smallest absolute Gasteiger partial charge is 0.336 e. The van der Waals surface area contributed by atoms with Gasteiger partial charge in [0.2, 0.25) is 0 Å². The van der Waals surface area contributed by atoms with E-state index < -0.39 is 5.63 Å². The van der Waals surface area contributed by atoms with Crippen LogP contribution in [0.4, 0.5) is 0 Å². The normalized spacial score (nSPS) is 10.6. The topological polar surface area (TPSA) is 65.7 Å². The Bertz CT molecular complexity index is 954. The van der Waals surface area contributed by atoms with Crippen LogP contribution >= 0.6 is 0 Å². The third-order valence-electron chi connectivity index (χ3n) is 3.93. The first-order chi connectivity index (χ1) is 12.0. The lowest BCUT2D eigenvalue weighted by Gasteiger charge is -2.07. The van der Waals surface area contributed by atoms with Crippen molar-refractivity contribution in [1.82, 2.24) is 0 Å². The Hall–Kier alpha value is -3.08. The van der Waals surface area contributed by atoms with Gasteiger partial charge >= 0.3 is 11.6 Å². The number of ether oxygens (including phenoxy) is 2. The Morgan fingerprint density at radius 2 is 1.76 bits per heavy atom. The Morgan fingerprint density at radius 1 is 1.04 bits per heavy atom. The molecule has 0 spiro atoms. The van der Waals surface area contributed by atoms with Crippen LogP contribution in [0.5, 0.6) is 11.5 Å².